The molecule has 2 heteroatoms. The van der Waals surface area contributed by atoms with Gasteiger partial charge in [0.15, 0.2) is 0 Å². The minimum atomic E-state index is 0.892. The first-order chi connectivity index (χ1) is 20.3. The van der Waals surface area contributed by atoms with E-state index < -0.39 is 0 Å². The summed E-state index contributed by atoms with van der Waals surface area (Å²) in [4.78, 5) is 2.49. The molecule has 1 aromatic heterocycles. The van der Waals surface area contributed by atoms with Crippen molar-refractivity contribution in [3.63, 3.8) is 0 Å². The Bertz CT molecular complexity index is 2280. The molecule has 0 saturated carbocycles. The number of benzene rings is 6. The summed E-state index contributed by atoms with van der Waals surface area (Å²) >= 11 is 0. The lowest BCUT2D eigenvalue weighted by atomic mass is 9.91. The second-order valence-electron chi connectivity index (χ2n) is 11.0. The number of fused-ring (bicyclic) bond motifs is 9. The highest BCUT2D eigenvalue weighted by Crippen LogP contribution is 2.49. The lowest BCUT2D eigenvalue weighted by Gasteiger charge is -2.35. The van der Waals surface area contributed by atoms with E-state index >= 15 is 0 Å². The van der Waals surface area contributed by atoms with Crippen molar-refractivity contribution in [1.82, 2.24) is 4.57 Å². The summed E-state index contributed by atoms with van der Waals surface area (Å²) in [6.07, 6.45) is 9.82. The first kappa shape index (κ1) is 22.5. The van der Waals surface area contributed by atoms with Crippen molar-refractivity contribution in [2.45, 2.75) is 6.42 Å². The molecular formula is C39H26N2. The van der Waals surface area contributed by atoms with E-state index in [-0.39, 0.29) is 0 Å². The SMILES string of the molecule is C1=CC=C2CC(=C1)c1cc3c(cc1N2c1cccc2ccccc12)c1ccccc1n3-c1cccc2ccccc12. The number of rotatable bonds is 2. The van der Waals surface area contributed by atoms with Crippen LogP contribution in [0.4, 0.5) is 11.4 Å². The van der Waals surface area contributed by atoms with Crippen LogP contribution in [-0.4, -0.2) is 4.57 Å². The third kappa shape index (κ3) is 3.25. The highest BCUT2D eigenvalue weighted by molar-refractivity contribution is 6.14. The van der Waals surface area contributed by atoms with E-state index in [4.69, 9.17) is 0 Å². The molecule has 192 valence electrons. The molecule has 0 spiro atoms. The van der Waals surface area contributed by atoms with Crippen molar-refractivity contribution in [2.75, 3.05) is 4.90 Å². The average Bonchev–Trinajstić information content (AvgIpc) is 3.18. The number of nitrogens with zero attached hydrogens (tertiary/aromatic N) is 2. The Morgan fingerprint density at radius 3 is 1.90 bits per heavy atom. The van der Waals surface area contributed by atoms with Gasteiger partial charge in [0.2, 0.25) is 0 Å². The first-order valence-corrected chi connectivity index (χ1v) is 14.3. The minimum absolute atomic E-state index is 0.892. The maximum atomic E-state index is 2.49. The summed E-state index contributed by atoms with van der Waals surface area (Å²) in [6, 6.07) is 44.4. The van der Waals surface area contributed by atoms with Gasteiger partial charge < -0.3 is 9.47 Å². The third-order valence-electron chi connectivity index (χ3n) is 8.75. The molecule has 2 bridgehead atoms. The van der Waals surface area contributed by atoms with Crippen LogP contribution in [0, 0.1) is 0 Å². The molecule has 1 aliphatic heterocycles. The van der Waals surface area contributed by atoms with E-state index in [1.165, 1.54) is 77.2 Å². The van der Waals surface area contributed by atoms with E-state index in [1.807, 2.05) is 0 Å². The summed E-state index contributed by atoms with van der Waals surface area (Å²) < 4.78 is 2.47. The Hall–Kier alpha value is -5.34. The van der Waals surface area contributed by atoms with Gasteiger partial charge in [0, 0.05) is 39.2 Å². The molecule has 7 aromatic rings. The molecular weight excluding hydrogens is 496 g/mol. The molecule has 2 heterocycles. The van der Waals surface area contributed by atoms with Crippen molar-refractivity contribution in [3.8, 4) is 5.69 Å². The van der Waals surface area contributed by atoms with Crippen LogP contribution in [0.25, 0.3) is 54.6 Å². The number of hydrogen-bond donors (Lipinski definition) is 0. The molecule has 0 N–H and O–H groups in total. The van der Waals surface area contributed by atoms with E-state index in [0.717, 1.165) is 6.42 Å². The van der Waals surface area contributed by atoms with Gasteiger partial charge in [-0.05, 0) is 52.8 Å². The zero-order valence-electron chi connectivity index (χ0n) is 22.5. The lowest BCUT2D eigenvalue weighted by molar-refractivity contribution is 1.06. The van der Waals surface area contributed by atoms with E-state index in [1.54, 1.807) is 0 Å². The predicted molar refractivity (Wildman–Crippen MR) is 174 cm³/mol. The smallest absolute Gasteiger partial charge is 0.0548 e. The molecule has 1 aliphatic carbocycles. The maximum Gasteiger partial charge on any atom is 0.0548 e. The average molecular weight is 523 g/mol. The number of anilines is 2. The highest BCUT2D eigenvalue weighted by Gasteiger charge is 2.29. The summed E-state index contributed by atoms with van der Waals surface area (Å²) in [5.41, 5.74) is 10.1. The molecule has 0 saturated heterocycles. The fraction of sp³-hybridized carbons (Fsp3) is 0.0256. The largest absolute Gasteiger partial charge is 0.313 e. The van der Waals surface area contributed by atoms with Gasteiger partial charge in [0.1, 0.15) is 0 Å². The van der Waals surface area contributed by atoms with Crippen molar-refractivity contribution < 1.29 is 0 Å². The number of allylic oxidation sites excluding steroid dienone is 5. The van der Waals surface area contributed by atoms with Gasteiger partial charge in [-0.2, -0.15) is 0 Å². The molecule has 2 nitrogen and oxygen atoms in total. The van der Waals surface area contributed by atoms with Crippen LogP contribution >= 0.6 is 0 Å². The Balaban J connectivity index is 1.41. The van der Waals surface area contributed by atoms with Crippen molar-refractivity contribution in [3.05, 3.63) is 157 Å². The maximum absolute atomic E-state index is 2.49. The van der Waals surface area contributed by atoms with Gasteiger partial charge in [0.25, 0.3) is 0 Å². The topological polar surface area (TPSA) is 8.17 Å². The molecule has 0 atom stereocenters. The van der Waals surface area contributed by atoms with Gasteiger partial charge in [-0.25, -0.2) is 0 Å². The van der Waals surface area contributed by atoms with Crippen LogP contribution in [0.2, 0.25) is 0 Å². The Morgan fingerprint density at radius 1 is 0.463 bits per heavy atom. The Morgan fingerprint density at radius 2 is 1.10 bits per heavy atom. The molecule has 0 unspecified atom stereocenters. The van der Waals surface area contributed by atoms with Crippen LogP contribution in [0.3, 0.4) is 0 Å². The highest BCUT2D eigenvalue weighted by atomic mass is 15.2. The van der Waals surface area contributed by atoms with Crippen molar-refractivity contribution in [2.24, 2.45) is 0 Å². The van der Waals surface area contributed by atoms with Gasteiger partial charge >= 0.3 is 0 Å². The molecule has 6 aromatic carbocycles. The van der Waals surface area contributed by atoms with Crippen LogP contribution in [0.15, 0.2) is 151 Å². The second kappa shape index (κ2) is 8.58. The van der Waals surface area contributed by atoms with Crippen LogP contribution in [0.1, 0.15) is 12.0 Å². The minimum Gasteiger partial charge on any atom is -0.313 e. The van der Waals surface area contributed by atoms with Gasteiger partial charge in [-0.3, -0.25) is 0 Å². The van der Waals surface area contributed by atoms with E-state index in [0.29, 0.717) is 0 Å². The summed E-state index contributed by atoms with van der Waals surface area (Å²) in [7, 11) is 0. The van der Waals surface area contributed by atoms with Gasteiger partial charge in [-0.1, -0.05) is 109 Å². The molecule has 9 rings (SSSR count). The van der Waals surface area contributed by atoms with E-state index in [9.17, 15) is 0 Å². The monoisotopic (exact) mass is 522 g/mol. The standard InChI is InChI=1S/C39H26N2/c1-4-16-29-23-28(13-1)33-24-39-34(25-38(33)40(29)35-21-9-14-26-11-2-5-17-30(26)35)32-19-7-8-20-37(32)41(39)36-22-10-15-27-12-3-6-18-31(27)36/h1-22,24-25H,23H2. The lowest BCUT2D eigenvalue weighted by Crippen LogP contribution is -2.22. The molecule has 0 fully saturated rings. The van der Waals surface area contributed by atoms with Crippen molar-refractivity contribution in [1.29, 1.82) is 0 Å². The van der Waals surface area contributed by atoms with Crippen LogP contribution < -0.4 is 4.90 Å². The summed E-state index contributed by atoms with van der Waals surface area (Å²) in [5.74, 6) is 0. The molecule has 2 aliphatic rings. The number of hydrogen-bond acceptors (Lipinski definition) is 1. The second-order valence-corrected chi connectivity index (χ2v) is 11.0. The Labute approximate surface area is 238 Å². The first-order valence-electron chi connectivity index (χ1n) is 14.3. The Kier molecular flexibility index (Phi) is 4.70. The van der Waals surface area contributed by atoms with E-state index in [2.05, 4.69) is 155 Å². The normalized spacial score (nSPS) is 14.4. The zero-order chi connectivity index (χ0) is 26.9. The fourth-order valence-corrected chi connectivity index (χ4v) is 6.94. The van der Waals surface area contributed by atoms with Gasteiger partial charge in [-0.15, -0.1) is 0 Å². The van der Waals surface area contributed by atoms with Gasteiger partial charge in [0.05, 0.1) is 28.1 Å². The predicted octanol–water partition coefficient (Wildman–Crippen LogP) is 10.5. The molecule has 0 radical (unpaired) electrons. The summed E-state index contributed by atoms with van der Waals surface area (Å²) in [5, 5.41) is 7.57. The third-order valence-corrected chi connectivity index (χ3v) is 8.75. The molecule has 0 amide bonds. The van der Waals surface area contributed by atoms with Crippen molar-refractivity contribution >= 4 is 60.3 Å². The quantitative estimate of drug-likeness (QED) is 0.219. The zero-order valence-corrected chi connectivity index (χ0v) is 22.5. The molecule has 41 heavy (non-hydrogen) atoms. The number of aromatic nitrogens is 1. The summed E-state index contributed by atoms with van der Waals surface area (Å²) in [6.45, 7) is 0. The number of para-hydroxylation sites is 1. The van der Waals surface area contributed by atoms with Crippen LogP contribution in [0.5, 0.6) is 0 Å². The fourth-order valence-electron chi connectivity index (χ4n) is 6.94. The van der Waals surface area contributed by atoms with Crippen LogP contribution in [-0.2, 0) is 0 Å².